The topological polar surface area (TPSA) is 98.9 Å². The molecule has 1 aromatic rings. The third-order valence-corrected chi connectivity index (χ3v) is 4.02. The van der Waals surface area contributed by atoms with Gasteiger partial charge < -0.3 is 10.5 Å². The van der Waals surface area contributed by atoms with Crippen LogP contribution in [0.5, 0.6) is 0 Å². The minimum absolute atomic E-state index is 0.138. The van der Waals surface area contributed by atoms with E-state index in [1.54, 1.807) is 0 Å². The van der Waals surface area contributed by atoms with Crippen LogP contribution in [-0.4, -0.2) is 40.1 Å². The molecule has 0 bridgehead atoms. The Morgan fingerprint density at radius 1 is 1.33 bits per heavy atom. The van der Waals surface area contributed by atoms with Crippen molar-refractivity contribution in [2.24, 2.45) is 0 Å². The molecule has 7 nitrogen and oxygen atoms in total. The summed E-state index contributed by atoms with van der Waals surface area (Å²) in [5, 5.41) is 0. The fraction of sp³-hybridized carbons (Fsp3) is 0.300. The van der Waals surface area contributed by atoms with E-state index in [1.807, 2.05) is 0 Å². The Bertz CT molecular complexity index is 555. The molecule has 0 fully saturated rings. The van der Waals surface area contributed by atoms with E-state index in [0.29, 0.717) is 4.47 Å². The summed E-state index contributed by atoms with van der Waals surface area (Å²) < 4.78 is 29.3. The van der Waals surface area contributed by atoms with Gasteiger partial charge in [-0.1, -0.05) is 4.47 Å². The largest absolute Gasteiger partial charge is 0.465 e. The Labute approximate surface area is 105 Å². The molecule has 0 atom stereocenters. The van der Waals surface area contributed by atoms with Crippen molar-refractivity contribution in [1.29, 1.82) is 0 Å². The highest BCUT2D eigenvalue weighted by Gasteiger charge is 2.27. The van der Waals surface area contributed by atoms with E-state index in [0.717, 1.165) is 7.11 Å². The molecular weight excluding hydrogens is 260 g/mol. The van der Waals surface area contributed by atoms with E-state index < -0.39 is 16.0 Å². The fourth-order valence-electron chi connectivity index (χ4n) is 1.28. The summed E-state index contributed by atoms with van der Waals surface area (Å²) >= 11 is 0. The Morgan fingerprint density at radius 3 is 2.44 bits per heavy atom. The van der Waals surface area contributed by atoms with Crippen molar-refractivity contribution < 1.29 is 22.8 Å². The van der Waals surface area contributed by atoms with Crippen molar-refractivity contribution in [2.75, 3.05) is 27.0 Å². The number of rotatable bonds is 4. The molecule has 0 spiro atoms. The number of sulfonamides is 1. The van der Waals surface area contributed by atoms with Gasteiger partial charge >= 0.3 is 5.97 Å². The summed E-state index contributed by atoms with van der Waals surface area (Å²) in [7, 11) is -0.366. The number of nitrogens with two attached hydrogens (primary N) is 1. The van der Waals surface area contributed by atoms with Crippen LogP contribution in [0.1, 0.15) is 10.4 Å². The first-order chi connectivity index (χ1) is 8.34. The molecule has 0 amide bonds. The first-order valence-corrected chi connectivity index (χ1v) is 6.29. The summed E-state index contributed by atoms with van der Waals surface area (Å²) in [6, 6.07) is 3.84. The van der Waals surface area contributed by atoms with Crippen LogP contribution in [0.15, 0.2) is 23.1 Å². The summed E-state index contributed by atoms with van der Waals surface area (Å²) in [5.41, 5.74) is 5.65. The summed E-state index contributed by atoms with van der Waals surface area (Å²) in [6.45, 7) is 0. The molecule has 0 heterocycles. The zero-order chi connectivity index (χ0) is 13.9. The number of benzene rings is 1. The number of methoxy groups -OCH3 is 1. The van der Waals surface area contributed by atoms with Gasteiger partial charge in [0.15, 0.2) is 0 Å². The number of nitrogen functional groups attached to an aromatic ring is 1. The Balaban J connectivity index is 3.46. The van der Waals surface area contributed by atoms with E-state index in [9.17, 15) is 13.2 Å². The first-order valence-electron chi connectivity index (χ1n) is 4.85. The van der Waals surface area contributed by atoms with Gasteiger partial charge in [0, 0.05) is 12.7 Å². The van der Waals surface area contributed by atoms with Gasteiger partial charge in [0.2, 0.25) is 0 Å². The summed E-state index contributed by atoms with van der Waals surface area (Å²) in [5.74, 6) is -0.787. The maximum atomic E-state index is 12.1. The van der Waals surface area contributed by atoms with Gasteiger partial charge in [-0.3, -0.25) is 4.84 Å². The number of ether oxygens (including phenoxy) is 1. The third-order valence-electron chi connectivity index (χ3n) is 2.28. The highest BCUT2D eigenvalue weighted by molar-refractivity contribution is 7.89. The van der Waals surface area contributed by atoms with Crippen molar-refractivity contribution in [2.45, 2.75) is 4.90 Å². The van der Waals surface area contributed by atoms with Crippen LogP contribution >= 0.6 is 0 Å². The second kappa shape index (κ2) is 5.34. The average molecular weight is 274 g/mol. The van der Waals surface area contributed by atoms with E-state index in [-0.39, 0.29) is 16.1 Å². The molecule has 0 saturated heterocycles. The van der Waals surface area contributed by atoms with Crippen molar-refractivity contribution in [3.8, 4) is 0 Å². The Kier molecular flexibility index (Phi) is 4.28. The molecule has 1 rings (SSSR count). The maximum Gasteiger partial charge on any atom is 0.339 e. The quantitative estimate of drug-likeness (QED) is 0.479. The molecule has 2 N–H and O–H groups in total. The Morgan fingerprint density at radius 2 is 1.94 bits per heavy atom. The third kappa shape index (κ3) is 2.61. The number of anilines is 1. The van der Waals surface area contributed by atoms with Gasteiger partial charge in [0.05, 0.1) is 24.7 Å². The smallest absolute Gasteiger partial charge is 0.339 e. The summed E-state index contributed by atoms with van der Waals surface area (Å²) in [4.78, 5) is 15.9. The molecule has 100 valence electrons. The molecule has 18 heavy (non-hydrogen) atoms. The normalized spacial score (nSPS) is 11.6. The van der Waals surface area contributed by atoms with Gasteiger partial charge in [-0.05, 0) is 18.2 Å². The van der Waals surface area contributed by atoms with Gasteiger partial charge in [-0.15, -0.1) is 0 Å². The van der Waals surface area contributed by atoms with Gasteiger partial charge in [-0.2, -0.15) is 0 Å². The van der Waals surface area contributed by atoms with Gasteiger partial charge in [0.1, 0.15) is 0 Å². The van der Waals surface area contributed by atoms with Gasteiger partial charge in [-0.25, -0.2) is 13.2 Å². The average Bonchev–Trinajstić information content (AvgIpc) is 2.36. The number of hydrogen-bond acceptors (Lipinski definition) is 6. The van der Waals surface area contributed by atoms with E-state index >= 15 is 0 Å². The molecule has 0 aliphatic rings. The number of carbonyl (C=O) groups is 1. The molecule has 0 aliphatic heterocycles. The number of nitrogens with zero attached hydrogens (tertiary/aromatic N) is 1. The molecule has 0 radical (unpaired) electrons. The van der Waals surface area contributed by atoms with Crippen LogP contribution in [-0.2, 0) is 19.6 Å². The van der Waals surface area contributed by atoms with E-state index in [1.165, 1.54) is 32.4 Å². The Hall–Kier alpha value is -1.64. The monoisotopic (exact) mass is 274 g/mol. The number of esters is 1. The molecule has 0 aromatic heterocycles. The molecule has 1 aromatic carbocycles. The first kappa shape index (κ1) is 14.4. The number of carbonyl (C=O) groups excluding carboxylic acids is 1. The van der Waals surface area contributed by atoms with Crippen LogP contribution < -0.4 is 5.73 Å². The highest BCUT2D eigenvalue weighted by Crippen LogP contribution is 2.22. The highest BCUT2D eigenvalue weighted by atomic mass is 32.2. The van der Waals surface area contributed by atoms with E-state index in [2.05, 4.69) is 9.57 Å². The van der Waals surface area contributed by atoms with Crippen LogP contribution in [0.3, 0.4) is 0 Å². The van der Waals surface area contributed by atoms with Crippen molar-refractivity contribution >= 4 is 21.7 Å². The minimum atomic E-state index is -3.94. The lowest BCUT2D eigenvalue weighted by Crippen LogP contribution is -2.27. The zero-order valence-electron chi connectivity index (χ0n) is 10.2. The van der Waals surface area contributed by atoms with Crippen molar-refractivity contribution in [1.82, 2.24) is 4.47 Å². The zero-order valence-corrected chi connectivity index (χ0v) is 11.0. The molecule has 8 heteroatoms. The second-order valence-electron chi connectivity index (χ2n) is 3.34. The van der Waals surface area contributed by atoms with Crippen LogP contribution in [0.4, 0.5) is 5.69 Å². The lowest BCUT2D eigenvalue weighted by atomic mass is 10.2. The maximum absolute atomic E-state index is 12.1. The molecule has 0 unspecified atom stereocenters. The van der Waals surface area contributed by atoms with Crippen molar-refractivity contribution in [3.05, 3.63) is 23.8 Å². The predicted molar refractivity (Wildman–Crippen MR) is 64.2 cm³/mol. The SMILES string of the molecule is COC(=O)c1cc(N)ccc1S(=O)(=O)N(C)OC. The molecular formula is C10H14N2O5S. The second-order valence-corrected chi connectivity index (χ2v) is 5.25. The molecule has 0 aliphatic carbocycles. The predicted octanol–water partition coefficient (Wildman–Crippen LogP) is 0.237. The van der Waals surface area contributed by atoms with Crippen molar-refractivity contribution in [3.63, 3.8) is 0 Å². The van der Waals surface area contributed by atoms with Gasteiger partial charge in [0.25, 0.3) is 10.0 Å². The van der Waals surface area contributed by atoms with Crippen LogP contribution in [0.25, 0.3) is 0 Å². The number of hydroxylamine groups is 1. The standard InChI is InChI=1S/C10H14N2O5S/c1-12(17-3)18(14,15)9-5-4-7(11)6-8(9)10(13)16-2/h4-6H,11H2,1-3H3. The van der Waals surface area contributed by atoms with Crippen LogP contribution in [0.2, 0.25) is 0 Å². The molecule has 0 saturated carbocycles. The minimum Gasteiger partial charge on any atom is -0.465 e. The summed E-state index contributed by atoms with van der Waals surface area (Å²) in [6.07, 6.45) is 0. The lowest BCUT2D eigenvalue weighted by Gasteiger charge is -2.16. The lowest BCUT2D eigenvalue weighted by molar-refractivity contribution is -0.0259. The van der Waals surface area contributed by atoms with E-state index in [4.69, 9.17) is 5.73 Å². The van der Waals surface area contributed by atoms with Crippen LogP contribution in [0, 0.1) is 0 Å². The fourth-order valence-corrected chi connectivity index (χ4v) is 2.41. The number of hydrogen-bond donors (Lipinski definition) is 1.